The lowest BCUT2D eigenvalue weighted by atomic mass is 10.2. The van der Waals surface area contributed by atoms with Crippen molar-refractivity contribution in [1.29, 1.82) is 0 Å². The monoisotopic (exact) mass is 230 g/mol. The summed E-state index contributed by atoms with van der Waals surface area (Å²) in [7, 11) is 3.59. The summed E-state index contributed by atoms with van der Waals surface area (Å²) in [6, 6.07) is -0.181. The van der Waals surface area contributed by atoms with Crippen LogP contribution in [0.5, 0.6) is 0 Å². The molecule has 0 spiro atoms. The predicted molar refractivity (Wildman–Crippen MR) is 61.3 cm³/mol. The highest BCUT2D eigenvalue weighted by atomic mass is 16.6. The average molecular weight is 230 g/mol. The first-order valence-electron chi connectivity index (χ1n) is 5.53. The largest absolute Gasteiger partial charge is 0.444 e. The van der Waals surface area contributed by atoms with Crippen LogP contribution in [0.3, 0.4) is 0 Å². The van der Waals surface area contributed by atoms with Crippen LogP contribution in [0.4, 0.5) is 4.79 Å². The maximum absolute atomic E-state index is 11.8. The maximum Gasteiger partial charge on any atom is 0.410 e. The van der Waals surface area contributed by atoms with Gasteiger partial charge in [-0.3, -0.25) is 0 Å². The van der Waals surface area contributed by atoms with Crippen LogP contribution >= 0.6 is 0 Å². The van der Waals surface area contributed by atoms with E-state index in [1.165, 1.54) is 4.90 Å². The van der Waals surface area contributed by atoms with Gasteiger partial charge < -0.3 is 19.6 Å². The molecule has 0 radical (unpaired) electrons. The Hall–Kier alpha value is -0.810. The zero-order valence-corrected chi connectivity index (χ0v) is 10.7. The first-order chi connectivity index (χ1) is 7.20. The highest BCUT2D eigenvalue weighted by Crippen LogP contribution is 2.16. The predicted octanol–water partition coefficient (Wildman–Crippen LogP) is 0.528. The van der Waals surface area contributed by atoms with E-state index in [0.29, 0.717) is 13.1 Å². The molecule has 0 unspecified atom stereocenters. The molecule has 1 aliphatic rings. The van der Waals surface area contributed by atoms with Gasteiger partial charge in [0.05, 0.1) is 12.1 Å². The number of aliphatic hydroxyl groups is 1. The molecule has 0 aromatic carbocycles. The van der Waals surface area contributed by atoms with Crippen molar-refractivity contribution in [1.82, 2.24) is 9.80 Å². The lowest BCUT2D eigenvalue weighted by Crippen LogP contribution is -2.46. The molecular formula is C11H22N2O3. The maximum atomic E-state index is 11.8. The molecule has 5 nitrogen and oxygen atoms in total. The molecule has 16 heavy (non-hydrogen) atoms. The molecule has 5 heteroatoms. The second-order valence-electron chi connectivity index (χ2n) is 5.45. The van der Waals surface area contributed by atoms with Crippen molar-refractivity contribution in [3.8, 4) is 0 Å². The number of likely N-dealkylation sites (N-methyl/N-ethyl adjacent to an activating group) is 2. The summed E-state index contributed by atoms with van der Waals surface area (Å²) >= 11 is 0. The summed E-state index contributed by atoms with van der Waals surface area (Å²) in [6.45, 7) is 6.76. The lowest BCUT2D eigenvalue weighted by molar-refractivity contribution is 0.0112. The fourth-order valence-corrected chi connectivity index (χ4v) is 1.81. The highest BCUT2D eigenvalue weighted by molar-refractivity contribution is 5.68. The van der Waals surface area contributed by atoms with E-state index >= 15 is 0 Å². The Bertz CT molecular complexity index is 262. The van der Waals surface area contributed by atoms with E-state index in [1.54, 1.807) is 7.05 Å². The number of hydrogen-bond acceptors (Lipinski definition) is 4. The van der Waals surface area contributed by atoms with Gasteiger partial charge in [-0.25, -0.2) is 4.79 Å². The molecule has 1 N–H and O–H groups in total. The third-order valence-electron chi connectivity index (χ3n) is 2.62. The lowest BCUT2D eigenvalue weighted by Gasteiger charge is -2.29. The van der Waals surface area contributed by atoms with Gasteiger partial charge in [0.2, 0.25) is 0 Å². The Kier molecular flexibility index (Phi) is 3.80. The van der Waals surface area contributed by atoms with Crippen LogP contribution in [0.25, 0.3) is 0 Å². The quantitative estimate of drug-likeness (QED) is 0.714. The molecule has 1 rings (SSSR count). The smallest absolute Gasteiger partial charge is 0.410 e. The zero-order chi connectivity index (χ0) is 12.5. The zero-order valence-electron chi connectivity index (χ0n) is 10.7. The molecule has 0 aromatic heterocycles. The number of aliphatic hydroxyl groups excluding tert-OH is 1. The van der Waals surface area contributed by atoms with E-state index in [1.807, 2.05) is 32.7 Å². The van der Waals surface area contributed by atoms with Gasteiger partial charge in [0.1, 0.15) is 5.60 Å². The summed E-state index contributed by atoms with van der Waals surface area (Å²) in [5, 5.41) is 9.79. The number of likely N-dealkylation sites (tertiary alicyclic amines) is 1. The van der Waals surface area contributed by atoms with Gasteiger partial charge in [0.25, 0.3) is 0 Å². The number of carbonyl (C=O) groups excluding carboxylic acids is 1. The molecule has 0 saturated carbocycles. The molecule has 1 heterocycles. The van der Waals surface area contributed by atoms with Crippen molar-refractivity contribution in [2.24, 2.45) is 0 Å². The van der Waals surface area contributed by atoms with Gasteiger partial charge in [-0.15, -0.1) is 0 Å². The Labute approximate surface area is 97.0 Å². The van der Waals surface area contributed by atoms with E-state index in [2.05, 4.69) is 0 Å². The Morgan fingerprint density at radius 3 is 2.38 bits per heavy atom. The number of nitrogens with zero attached hydrogens (tertiary/aromatic N) is 2. The Balaban J connectivity index is 2.57. The van der Waals surface area contributed by atoms with Crippen LogP contribution in [0.15, 0.2) is 0 Å². The summed E-state index contributed by atoms with van der Waals surface area (Å²) < 4.78 is 5.25. The number of rotatable bonds is 1. The second kappa shape index (κ2) is 4.59. The van der Waals surface area contributed by atoms with Crippen LogP contribution in [-0.2, 0) is 4.74 Å². The molecule has 0 aliphatic carbocycles. The summed E-state index contributed by atoms with van der Waals surface area (Å²) in [5.41, 5.74) is -0.499. The first-order valence-corrected chi connectivity index (χ1v) is 5.53. The second-order valence-corrected chi connectivity index (χ2v) is 5.45. The van der Waals surface area contributed by atoms with Crippen LogP contribution < -0.4 is 0 Å². The van der Waals surface area contributed by atoms with Gasteiger partial charge in [-0.2, -0.15) is 0 Å². The number of β-amino-alcohol motifs (C(OH)–C–C–N with tert-alkyl or cyclic N) is 1. The summed E-state index contributed by atoms with van der Waals surface area (Å²) in [6.07, 6.45) is -0.880. The minimum Gasteiger partial charge on any atom is -0.444 e. The number of amides is 1. The van der Waals surface area contributed by atoms with Gasteiger partial charge in [-0.05, 0) is 27.8 Å². The highest BCUT2D eigenvalue weighted by Gasteiger charge is 2.35. The van der Waals surface area contributed by atoms with Crippen LogP contribution in [0, 0.1) is 0 Å². The molecule has 1 amide bonds. The third-order valence-corrected chi connectivity index (χ3v) is 2.62. The van der Waals surface area contributed by atoms with Crippen molar-refractivity contribution in [2.75, 3.05) is 27.2 Å². The van der Waals surface area contributed by atoms with Crippen molar-refractivity contribution in [3.05, 3.63) is 0 Å². The molecule has 94 valence electrons. The topological polar surface area (TPSA) is 53.0 Å². The summed E-state index contributed by atoms with van der Waals surface area (Å²) in [4.78, 5) is 15.3. The minimum atomic E-state index is -0.499. The fourth-order valence-electron chi connectivity index (χ4n) is 1.81. The molecule has 1 saturated heterocycles. The fraction of sp³-hybridized carbons (Fsp3) is 0.909. The van der Waals surface area contributed by atoms with E-state index in [9.17, 15) is 9.90 Å². The van der Waals surface area contributed by atoms with Gasteiger partial charge >= 0.3 is 6.09 Å². The Morgan fingerprint density at radius 2 is 2.00 bits per heavy atom. The van der Waals surface area contributed by atoms with Gasteiger partial charge in [0, 0.05) is 20.1 Å². The van der Waals surface area contributed by atoms with Crippen LogP contribution in [-0.4, -0.2) is 65.9 Å². The standard InChI is InChI=1S/C11H22N2O3/c1-11(2,3)16-10(15)13(5)8-6-12(4)7-9(8)14/h8-9,14H,6-7H2,1-5H3/t8-,9-/m1/s1. The average Bonchev–Trinajstić information content (AvgIpc) is 2.41. The van der Waals surface area contributed by atoms with Crippen molar-refractivity contribution >= 4 is 6.09 Å². The third kappa shape index (κ3) is 3.35. The molecule has 0 aromatic rings. The molecular weight excluding hydrogens is 208 g/mol. The number of hydrogen-bond donors (Lipinski definition) is 1. The van der Waals surface area contributed by atoms with E-state index in [0.717, 1.165) is 0 Å². The molecule has 1 aliphatic heterocycles. The van der Waals surface area contributed by atoms with Crippen molar-refractivity contribution < 1.29 is 14.6 Å². The number of ether oxygens (including phenoxy) is 1. The van der Waals surface area contributed by atoms with Crippen LogP contribution in [0.2, 0.25) is 0 Å². The molecule has 0 bridgehead atoms. The van der Waals surface area contributed by atoms with Gasteiger partial charge in [-0.1, -0.05) is 0 Å². The Morgan fingerprint density at radius 1 is 1.44 bits per heavy atom. The van der Waals surface area contributed by atoms with E-state index in [4.69, 9.17) is 4.74 Å². The number of carbonyl (C=O) groups is 1. The first kappa shape index (κ1) is 13.3. The van der Waals surface area contributed by atoms with Crippen LogP contribution in [0.1, 0.15) is 20.8 Å². The molecule has 2 atom stereocenters. The SMILES string of the molecule is CN1C[C@@H](O)[C@H](N(C)C(=O)OC(C)(C)C)C1. The van der Waals surface area contributed by atoms with Crippen molar-refractivity contribution in [3.63, 3.8) is 0 Å². The van der Waals surface area contributed by atoms with E-state index in [-0.39, 0.29) is 12.1 Å². The van der Waals surface area contributed by atoms with E-state index < -0.39 is 11.7 Å². The van der Waals surface area contributed by atoms with Gasteiger partial charge in [0.15, 0.2) is 0 Å². The minimum absolute atomic E-state index is 0.181. The van der Waals surface area contributed by atoms with Crippen molar-refractivity contribution in [2.45, 2.75) is 38.5 Å². The molecule has 1 fully saturated rings. The normalized spacial score (nSPS) is 26.9. The summed E-state index contributed by atoms with van der Waals surface area (Å²) in [5.74, 6) is 0.